The third-order valence-electron chi connectivity index (χ3n) is 5.43. The molecule has 3 heterocycles. The van der Waals surface area contributed by atoms with Gasteiger partial charge in [0.1, 0.15) is 24.5 Å². The molecule has 1 unspecified atom stereocenters. The Morgan fingerprint density at radius 1 is 1.10 bits per heavy atom. The maximum Gasteiger partial charge on any atom is 0.410 e. The van der Waals surface area contributed by atoms with Gasteiger partial charge in [0.25, 0.3) is 5.91 Å². The molecule has 0 radical (unpaired) electrons. The minimum absolute atomic E-state index is 0.105. The summed E-state index contributed by atoms with van der Waals surface area (Å²) in [5.74, 6) is -0.987. The molecule has 1 aromatic carbocycles. The third-order valence-corrected chi connectivity index (χ3v) is 5.98. The molecule has 3 aromatic heterocycles. The van der Waals surface area contributed by atoms with Crippen LogP contribution in [0.3, 0.4) is 0 Å². The van der Waals surface area contributed by atoms with Crippen LogP contribution in [0.2, 0.25) is 10.0 Å². The molecule has 0 aliphatic rings. The summed E-state index contributed by atoms with van der Waals surface area (Å²) in [4.78, 5) is 33.7. The van der Waals surface area contributed by atoms with Crippen molar-refractivity contribution < 1.29 is 23.1 Å². The van der Waals surface area contributed by atoms with Crippen LogP contribution >= 0.6 is 23.2 Å². The van der Waals surface area contributed by atoms with Crippen molar-refractivity contribution in [3.63, 3.8) is 0 Å². The van der Waals surface area contributed by atoms with Gasteiger partial charge >= 0.3 is 11.9 Å². The fourth-order valence-electron chi connectivity index (χ4n) is 3.42. The SMILES string of the molecule is CC(C)(O)C(=O)NC(Cn1c(-c2ccc(Cl)cc2)nn(Cc2ncn(-c3ncccc3Cl)n2)c1=O)C(F)(F)F. The standard InChI is InChI=1S/C23H21Cl2F3N8O3/c1-22(2,39)20(37)31-16(23(26,27)28)10-34-18(13-5-7-14(24)8-6-13)33-35(21(34)38)11-17-30-12-36(32-17)19-15(25)4-3-9-29-19/h3-9,12,16,39H,10-11H2,1-2H3,(H,31,37). The van der Waals surface area contributed by atoms with Crippen LogP contribution in [0.5, 0.6) is 0 Å². The van der Waals surface area contributed by atoms with Crippen LogP contribution in [0.1, 0.15) is 19.7 Å². The Kier molecular flexibility index (Phi) is 7.82. The van der Waals surface area contributed by atoms with Gasteiger partial charge in [0.15, 0.2) is 17.5 Å². The number of carbonyl (C=O) groups excluding carboxylic acids is 1. The van der Waals surface area contributed by atoms with Crippen LogP contribution in [0.4, 0.5) is 13.2 Å². The largest absolute Gasteiger partial charge is 0.410 e. The summed E-state index contributed by atoms with van der Waals surface area (Å²) >= 11 is 12.1. The lowest BCUT2D eigenvalue weighted by Crippen LogP contribution is -2.54. The Hall–Kier alpha value is -3.75. The topological polar surface area (TPSA) is 133 Å². The number of aromatic nitrogens is 7. The number of nitrogens with zero attached hydrogens (tertiary/aromatic N) is 7. The maximum atomic E-state index is 13.9. The molecule has 0 bridgehead atoms. The molecule has 0 spiro atoms. The average molecular weight is 585 g/mol. The molecule has 0 aliphatic heterocycles. The molecule has 1 atom stereocenters. The number of alkyl halides is 3. The Balaban J connectivity index is 1.73. The summed E-state index contributed by atoms with van der Waals surface area (Å²) in [6, 6.07) is 6.67. The van der Waals surface area contributed by atoms with E-state index in [1.807, 2.05) is 0 Å². The first-order chi connectivity index (χ1) is 18.2. The molecule has 0 saturated carbocycles. The van der Waals surface area contributed by atoms with E-state index in [0.29, 0.717) is 15.6 Å². The van der Waals surface area contributed by atoms with Crippen LogP contribution in [0, 0.1) is 0 Å². The molecule has 1 amide bonds. The second-order valence-electron chi connectivity index (χ2n) is 8.92. The zero-order valence-corrected chi connectivity index (χ0v) is 21.9. The highest BCUT2D eigenvalue weighted by Crippen LogP contribution is 2.25. The predicted octanol–water partition coefficient (Wildman–Crippen LogP) is 2.86. The van der Waals surface area contributed by atoms with Crippen molar-refractivity contribution in [1.29, 1.82) is 0 Å². The van der Waals surface area contributed by atoms with Crippen LogP contribution in [0.15, 0.2) is 53.7 Å². The van der Waals surface area contributed by atoms with E-state index < -0.39 is 36.0 Å². The van der Waals surface area contributed by atoms with Gasteiger partial charge in [-0.25, -0.2) is 24.1 Å². The number of halogens is 5. The molecule has 0 aliphatic carbocycles. The molecular weight excluding hydrogens is 564 g/mol. The minimum atomic E-state index is -4.96. The van der Waals surface area contributed by atoms with Crippen LogP contribution < -0.4 is 11.0 Å². The molecule has 4 rings (SSSR count). The fourth-order valence-corrected chi connectivity index (χ4v) is 3.76. The van der Waals surface area contributed by atoms with E-state index in [0.717, 1.165) is 23.1 Å². The second kappa shape index (κ2) is 10.8. The lowest BCUT2D eigenvalue weighted by molar-refractivity contribution is -0.169. The van der Waals surface area contributed by atoms with Crippen LogP contribution in [-0.2, 0) is 17.9 Å². The molecular formula is C23H21Cl2F3N8O3. The smallest absolute Gasteiger partial charge is 0.381 e. The average Bonchev–Trinajstić information content (AvgIpc) is 3.43. The molecule has 2 N–H and O–H groups in total. The highest BCUT2D eigenvalue weighted by Gasteiger charge is 2.43. The monoisotopic (exact) mass is 584 g/mol. The summed E-state index contributed by atoms with van der Waals surface area (Å²) in [6.07, 6.45) is -2.14. The summed E-state index contributed by atoms with van der Waals surface area (Å²) in [5, 5.41) is 20.7. The van der Waals surface area contributed by atoms with E-state index in [9.17, 15) is 27.9 Å². The van der Waals surface area contributed by atoms with E-state index >= 15 is 0 Å². The van der Waals surface area contributed by atoms with E-state index in [-0.39, 0.29) is 24.0 Å². The highest BCUT2D eigenvalue weighted by atomic mass is 35.5. The number of hydrogen-bond acceptors (Lipinski definition) is 7. The normalized spacial score (nSPS) is 12.9. The number of nitrogens with one attached hydrogen (secondary N) is 1. The van der Waals surface area contributed by atoms with Crippen LogP contribution in [-0.4, -0.2) is 62.9 Å². The van der Waals surface area contributed by atoms with Crippen molar-refractivity contribution in [2.75, 3.05) is 0 Å². The van der Waals surface area contributed by atoms with Gasteiger partial charge in [0.05, 0.1) is 11.6 Å². The summed E-state index contributed by atoms with van der Waals surface area (Å²) in [6.45, 7) is 0.775. The first kappa shape index (κ1) is 28.3. The van der Waals surface area contributed by atoms with Gasteiger partial charge in [-0.15, -0.1) is 10.2 Å². The van der Waals surface area contributed by atoms with Crippen molar-refractivity contribution in [1.82, 2.24) is 39.4 Å². The van der Waals surface area contributed by atoms with Crippen molar-refractivity contribution in [2.24, 2.45) is 0 Å². The Labute approximate surface area is 228 Å². The van der Waals surface area contributed by atoms with Gasteiger partial charge in [0, 0.05) is 16.8 Å². The highest BCUT2D eigenvalue weighted by molar-refractivity contribution is 6.32. The third kappa shape index (κ3) is 6.46. The van der Waals surface area contributed by atoms with Gasteiger partial charge in [0.2, 0.25) is 0 Å². The quantitative estimate of drug-likeness (QED) is 0.325. The first-order valence-corrected chi connectivity index (χ1v) is 12.0. The molecule has 206 valence electrons. The van der Waals surface area contributed by atoms with Crippen molar-refractivity contribution in [3.8, 4) is 17.2 Å². The van der Waals surface area contributed by atoms with Gasteiger partial charge in [-0.2, -0.15) is 13.2 Å². The number of benzene rings is 1. The van der Waals surface area contributed by atoms with Gasteiger partial charge in [-0.1, -0.05) is 23.2 Å². The molecule has 0 fully saturated rings. The number of aliphatic hydroxyl groups is 1. The zero-order chi connectivity index (χ0) is 28.5. The van der Waals surface area contributed by atoms with Crippen molar-refractivity contribution in [2.45, 2.75) is 44.8 Å². The number of pyridine rings is 1. The van der Waals surface area contributed by atoms with Gasteiger partial charge < -0.3 is 10.4 Å². The minimum Gasteiger partial charge on any atom is -0.381 e. The van der Waals surface area contributed by atoms with E-state index in [1.54, 1.807) is 17.4 Å². The summed E-state index contributed by atoms with van der Waals surface area (Å²) in [7, 11) is 0. The molecule has 0 saturated heterocycles. The Morgan fingerprint density at radius 3 is 2.41 bits per heavy atom. The Morgan fingerprint density at radius 2 is 1.79 bits per heavy atom. The lowest BCUT2D eigenvalue weighted by atomic mass is 10.1. The molecule has 4 aromatic rings. The maximum absolute atomic E-state index is 13.9. The van der Waals surface area contributed by atoms with E-state index in [2.05, 4.69) is 20.2 Å². The fraction of sp³-hybridized carbons (Fsp3) is 0.304. The number of amides is 1. The van der Waals surface area contributed by atoms with Crippen molar-refractivity contribution in [3.05, 3.63) is 75.3 Å². The second-order valence-corrected chi connectivity index (χ2v) is 9.77. The number of rotatable bonds is 8. The Bertz CT molecular complexity index is 1540. The van der Waals surface area contributed by atoms with Crippen LogP contribution in [0.25, 0.3) is 17.2 Å². The van der Waals surface area contributed by atoms with Crippen molar-refractivity contribution >= 4 is 29.1 Å². The molecule has 39 heavy (non-hydrogen) atoms. The first-order valence-electron chi connectivity index (χ1n) is 11.3. The predicted molar refractivity (Wildman–Crippen MR) is 134 cm³/mol. The lowest BCUT2D eigenvalue weighted by Gasteiger charge is -2.25. The zero-order valence-electron chi connectivity index (χ0n) is 20.4. The molecule has 16 heteroatoms. The summed E-state index contributed by atoms with van der Waals surface area (Å²) < 4.78 is 44.7. The van der Waals surface area contributed by atoms with Gasteiger partial charge in [-0.05, 0) is 50.2 Å². The van der Waals surface area contributed by atoms with E-state index in [4.69, 9.17) is 23.2 Å². The number of carbonyl (C=O) groups is 1. The summed E-state index contributed by atoms with van der Waals surface area (Å²) in [5.41, 5.74) is -2.71. The number of hydrogen-bond donors (Lipinski definition) is 2. The van der Waals surface area contributed by atoms with E-state index in [1.165, 1.54) is 41.5 Å². The molecule has 11 nitrogen and oxygen atoms in total. The van der Waals surface area contributed by atoms with Gasteiger partial charge in [-0.3, -0.25) is 9.36 Å².